The van der Waals surface area contributed by atoms with Gasteiger partial charge in [0.15, 0.2) is 9.84 Å². The maximum absolute atomic E-state index is 13.8. The van der Waals surface area contributed by atoms with Crippen molar-refractivity contribution in [1.29, 1.82) is 0 Å². The van der Waals surface area contributed by atoms with Crippen molar-refractivity contribution in [2.24, 2.45) is 11.3 Å². The molecule has 5 nitrogen and oxygen atoms in total. The van der Waals surface area contributed by atoms with E-state index in [1.807, 2.05) is 34.6 Å². The number of nitrogens with zero attached hydrogens (tertiary/aromatic N) is 1. The first kappa shape index (κ1) is 26.0. The number of aliphatic hydroxyl groups excluding tert-OH is 1. The Balaban J connectivity index is 2.13. The summed E-state index contributed by atoms with van der Waals surface area (Å²) in [4.78, 5) is 14.9. The predicted molar refractivity (Wildman–Crippen MR) is 134 cm³/mol. The topological polar surface area (TPSA) is 74.7 Å². The van der Waals surface area contributed by atoms with Gasteiger partial charge in [-0.15, -0.1) is 0 Å². The summed E-state index contributed by atoms with van der Waals surface area (Å²) in [6, 6.07) is 10.9. The Morgan fingerprint density at radius 1 is 1.09 bits per heavy atom. The summed E-state index contributed by atoms with van der Waals surface area (Å²) < 4.78 is 26.2. The van der Waals surface area contributed by atoms with Crippen LogP contribution in [0.3, 0.4) is 0 Å². The molecule has 0 radical (unpaired) electrons. The van der Waals surface area contributed by atoms with Crippen LogP contribution < -0.4 is 4.90 Å². The van der Waals surface area contributed by atoms with Gasteiger partial charge in [-0.25, -0.2) is 8.42 Å². The fourth-order valence-electron chi connectivity index (χ4n) is 4.40. The number of carbonyl (C=O) groups excluding carboxylic acids is 1. The molecule has 0 aromatic heterocycles. The Morgan fingerprint density at radius 3 is 2.09 bits per heavy atom. The van der Waals surface area contributed by atoms with Gasteiger partial charge in [-0.1, -0.05) is 50.0 Å². The van der Waals surface area contributed by atoms with Gasteiger partial charge in [0.1, 0.15) is 4.75 Å². The standard InChI is InChI=1S/C25H31Cl2NO4S/c1-15(2)28(23(30)24(4,5)6)22-12-7-17(13-21(22)27)25(14-20(25)16(3)29)33(31,32)19-10-8-18(26)9-11-19/h7-13,15-16,20,29H,14H2,1-6H3. The van der Waals surface area contributed by atoms with Gasteiger partial charge in [0.2, 0.25) is 5.91 Å². The SMILES string of the molecule is CC(O)C1CC1(c1ccc(N(C(=O)C(C)(C)C)C(C)C)c(Cl)c1)S(=O)(=O)c1ccc(Cl)cc1. The summed E-state index contributed by atoms with van der Waals surface area (Å²) in [7, 11) is -3.86. The molecule has 1 amide bonds. The first-order valence-corrected chi connectivity index (χ1v) is 13.2. The van der Waals surface area contributed by atoms with Crippen LogP contribution in [0.4, 0.5) is 5.69 Å². The number of hydrogen-bond donors (Lipinski definition) is 1. The van der Waals surface area contributed by atoms with Gasteiger partial charge >= 0.3 is 0 Å². The molecular weight excluding hydrogens is 481 g/mol. The van der Waals surface area contributed by atoms with Crippen LogP contribution in [0, 0.1) is 11.3 Å². The van der Waals surface area contributed by atoms with Crippen molar-refractivity contribution in [3.63, 3.8) is 0 Å². The van der Waals surface area contributed by atoms with Crippen molar-refractivity contribution >= 4 is 44.6 Å². The third-order valence-corrected chi connectivity index (χ3v) is 9.33. The number of hydrogen-bond acceptors (Lipinski definition) is 4. The highest BCUT2D eigenvalue weighted by atomic mass is 35.5. The zero-order valence-corrected chi connectivity index (χ0v) is 22.1. The molecule has 1 aliphatic carbocycles. The first-order valence-electron chi connectivity index (χ1n) is 11.0. The lowest BCUT2D eigenvalue weighted by atomic mass is 9.93. The molecule has 2 aromatic rings. The van der Waals surface area contributed by atoms with Crippen molar-refractivity contribution in [1.82, 2.24) is 0 Å². The summed E-state index contributed by atoms with van der Waals surface area (Å²) in [6.45, 7) is 11.0. The van der Waals surface area contributed by atoms with Gasteiger partial charge < -0.3 is 10.0 Å². The molecular formula is C25H31Cl2NO4S. The van der Waals surface area contributed by atoms with Crippen LogP contribution in [0.15, 0.2) is 47.4 Å². The smallest absolute Gasteiger partial charge is 0.232 e. The van der Waals surface area contributed by atoms with Gasteiger partial charge in [0.05, 0.1) is 21.7 Å². The van der Waals surface area contributed by atoms with Crippen LogP contribution in [-0.4, -0.2) is 31.6 Å². The zero-order chi connectivity index (χ0) is 24.9. The molecule has 3 atom stereocenters. The predicted octanol–water partition coefficient (Wildman–Crippen LogP) is 5.85. The monoisotopic (exact) mass is 511 g/mol. The van der Waals surface area contributed by atoms with E-state index < -0.39 is 32.0 Å². The number of carbonyl (C=O) groups is 1. The quantitative estimate of drug-likeness (QED) is 0.527. The molecule has 1 N–H and O–H groups in total. The van der Waals surface area contributed by atoms with Crippen molar-refractivity contribution in [3.05, 3.63) is 58.1 Å². The van der Waals surface area contributed by atoms with Crippen LogP contribution in [-0.2, 0) is 19.4 Å². The summed E-state index contributed by atoms with van der Waals surface area (Å²) in [5.74, 6) is -0.554. The lowest BCUT2D eigenvalue weighted by molar-refractivity contribution is -0.126. The van der Waals surface area contributed by atoms with Crippen LogP contribution in [0.1, 0.15) is 53.5 Å². The van der Waals surface area contributed by atoms with Crippen molar-refractivity contribution in [2.45, 2.75) is 69.8 Å². The molecule has 3 unspecified atom stereocenters. The van der Waals surface area contributed by atoms with E-state index in [1.54, 1.807) is 30.0 Å². The Kier molecular flexibility index (Phi) is 7.00. The molecule has 1 aliphatic rings. The molecule has 2 aromatic carbocycles. The van der Waals surface area contributed by atoms with Crippen molar-refractivity contribution in [2.75, 3.05) is 4.90 Å². The van der Waals surface area contributed by atoms with Gasteiger partial charge in [-0.05, 0) is 69.2 Å². The maximum atomic E-state index is 13.8. The highest BCUT2D eigenvalue weighted by Crippen LogP contribution is 2.62. The zero-order valence-electron chi connectivity index (χ0n) is 19.8. The molecule has 0 saturated heterocycles. The molecule has 1 fully saturated rings. The number of halogens is 2. The molecule has 0 heterocycles. The molecule has 3 rings (SSSR count). The molecule has 33 heavy (non-hydrogen) atoms. The van der Waals surface area contributed by atoms with E-state index >= 15 is 0 Å². The Hall–Kier alpha value is -1.60. The summed E-state index contributed by atoms with van der Waals surface area (Å²) in [5, 5.41) is 11.1. The minimum atomic E-state index is -3.86. The normalized spacial score (nSPS) is 21.7. The molecule has 0 bridgehead atoms. The first-order chi connectivity index (χ1) is 15.1. The highest BCUT2D eigenvalue weighted by molar-refractivity contribution is 7.92. The van der Waals surface area contributed by atoms with E-state index in [-0.39, 0.29) is 23.3 Å². The second-order valence-corrected chi connectivity index (χ2v) is 13.1. The van der Waals surface area contributed by atoms with E-state index in [4.69, 9.17) is 23.2 Å². The average molecular weight is 512 g/mol. The molecule has 0 aliphatic heterocycles. The number of benzene rings is 2. The minimum absolute atomic E-state index is 0.0797. The summed E-state index contributed by atoms with van der Waals surface area (Å²) >= 11 is 12.6. The van der Waals surface area contributed by atoms with E-state index in [1.165, 1.54) is 24.3 Å². The third-order valence-electron chi connectivity index (χ3n) is 6.22. The lowest BCUT2D eigenvalue weighted by Crippen LogP contribution is -2.44. The largest absolute Gasteiger partial charge is 0.393 e. The van der Waals surface area contributed by atoms with Gasteiger partial charge in [-0.2, -0.15) is 0 Å². The lowest BCUT2D eigenvalue weighted by Gasteiger charge is -2.33. The Labute approximate surface area is 206 Å². The highest BCUT2D eigenvalue weighted by Gasteiger charge is 2.66. The second-order valence-electron chi connectivity index (χ2n) is 10.1. The van der Waals surface area contributed by atoms with Crippen LogP contribution >= 0.6 is 23.2 Å². The Morgan fingerprint density at radius 2 is 1.67 bits per heavy atom. The fraction of sp³-hybridized carbons (Fsp3) is 0.480. The Bertz CT molecular complexity index is 1150. The number of amides is 1. The second kappa shape index (κ2) is 8.88. The summed E-state index contributed by atoms with van der Waals surface area (Å²) in [5.41, 5.74) is 0.423. The van der Waals surface area contributed by atoms with Crippen LogP contribution in [0.2, 0.25) is 10.0 Å². The summed E-state index contributed by atoms with van der Waals surface area (Å²) in [6.07, 6.45) is -0.541. The number of anilines is 1. The van der Waals surface area contributed by atoms with E-state index in [0.717, 1.165) is 0 Å². The number of sulfone groups is 1. The molecule has 180 valence electrons. The van der Waals surface area contributed by atoms with Gasteiger partial charge in [-0.3, -0.25) is 4.79 Å². The van der Waals surface area contributed by atoms with Crippen LogP contribution in [0.25, 0.3) is 0 Å². The molecule has 1 saturated carbocycles. The maximum Gasteiger partial charge on any atom is 0.232 e. The van der Waals surface area contributed by atoms with E-state index in [0.29, 0.717) is 21.3 Å². The number of aliphatic hydroxyl groups is 1. The average Bonchev–Trinajstić information content (AvgIpc) is 3.47. The fourth-order valence-corrected chi connectivity index (χ4v) is 7.14. The number of rotatable bonds is 6. The van der Waals surface area contributed by atoms with Crippen molar-refractivity contribution in [3.8, 4) is 0 Å². The molecule has 0 spiro atoms. The van der Waals surface area contributed by atoms with Crippen molar-refractivity contribution < 1.29 is 18.3 Å². The van der Waals surface area contributed by atoms with Gasteiger partial charge in [0, 0.05) is 22.4 Å². The minimum Gasteiger partial charge on any atom is -0.393 e. The van der Waals surface area contributed by atoms with Gasteiger partial charge in [0.25, 0.3) is 0 Å². The van der Waals surface area contributed by atoms with E-state index in [9.17, 15) is 18.3 Å². The van der Waals surface area contributed by atoms with E-state index in [2.05, 4.69) is 0 Å². The molecule has 8 heteroatoms. The third kappa shape index (κ3) is 4.55. The van der Waals surface area contributed by atoms with Crippen LogP contribution in [0.5, 0.6) is 0 Å².